The molecule has 1 amide bonds. The number of aromatic nitrogens is 4. The van der Waals surface area contributed by atoms with E-state index < -0.39 is 0 Å². The normalized spacial score (nSPS) is 11.5. The molecule has 3 aromatic heterocycles. The van der Waals surface area contributed by atoms with Gasteiger partial charge in [0, 0.05) is 34.3 Å². The third-order valence-electron chi connectivity index (χ3n) is 4.91. The van der Waals surface area contributed by atoms with Crippen molar-refractivity contribution in [2.45, 2.75) is 32.7 Å². The number of methoxy groups -OCH3 is 1. The van der Waals surface area contributed by atoms with Gasteiger partial charge in [-0.1, -0.05) is 32.1 Å². The second-order valence-electron chi connectivity index (χ2n) is 8.33. The van der Waals surface area contributed by atoms with Gasteiger partial charge < -0.3 is 9.30 Å². The molecule has 32 heavy (non-hydrogen) atoms. The summed E-state index contributed by atoms with van der Waals surface area (Å²) in [7, 11) is 1.58. The number of hydrogen-bond acceptors (Lipinski definition) is 7. The van der Waals surface area contributed by atoms with E-state index >= 15 is 0 Å². The number of carbonyl (C=O) groups excluding carboxylic acids is 2. The number of anilines is 1. The van der Waals surface area contributed by atoms with Crippen LogP contribution in [0.4, 0.5) is 5.13 Å². The van der Waals surface area contributed by atoms with Crippen molar-refractivity contribution in [3.8, 4) is 5.75 Å². The fraction of sp³-hybridized carbons (Fsp3) is 0.261. The third kappa shape index (κ3) is 4.38. The van der Waals surface area contributed by atoms with E-state index in [1.54, 1.807) is 60.6 Å². The molecule has 0 saturated heterocycles. The van der Waals surface area contributed by atoms with Crippen molar-refractivity contribution in [2.24, 2.45) is 0 Å². The average Bonchev–Trinajstić information content (AvgIpc) is 3.39. The number of fused-ring (bicyclic) bond motifs is 1. The van der Waals surface area contributed by atoms with Gasteiger partial charge >= 0.3 is 0 Å². The highest BCUT2D eigenvalue weighted by Gasteiger charge is 2.21. The summed E-state index contributed by atoms with van der Waals surface area (Å²) >= 11 is 1.35. The van der Waals surface area contributed by atoms with Crippen molar-refractivity contribution in [3.05, 3.63) is 65.1 Å². The van der Waals surface area contributed by atoms with Crippen molar-refractivity contribution in [3.63, 3.8) is 0 Å². The Balaban J connectivity index is 1.59. The fourth-order valence-electron chi connectivity index (χ4n) is 3.24. The largest absolute Gasteiger partial charge is 0.497 e. The maximum atomic E-state index is 13.2. The molecule has 1 aromatic carbocycles. The Hall–Kier alpha value is -3.59. The number of ether oxygens (including phenoxy) is 1. The van der Waals surface area contributed by atoms with Crippen LogP contribution in [0.3, 0.4) is 0 Å². The van der Waals surface area contributed by atoms with Gasteiger partial charge in [0.2, 0.25) is 11.0 Å². The molecule has 0 aliphatic carbocycles. The van der Waals surface area contributed by atoms with Gasteiger partial charge in [-0.3, -0.25) is 19.9 Å². The zero-order chi connectivity index (χ0) is 22.9. The Morgan fingerprint density at radius 2 is 1.88 bits per heavy atom. The van der Waals surface area contributed by atoms with E-state index in [0.29, 0.717) is 27.5 Å². The van der Waals surface area contributed by atoms with Gasteiger partial charge in [-0.25, -0.2) is 0 Å². The van der Waals surface area contributed by atoms with E-state index in [-0.39, 0.29) is 23.7 Å². The number of hydrogen-bond donors (Lipinski definition) is 1. The first-order valence-electron chi connectivity index (χ1n) is 10.0. The summed E-state index contributed by atoms with van der Waals surface area (Å²) in [4.78, 5) is 30.0. The van der Waals surface area contributed by atoms with E-state index in [1.807, 2.05) is 20.8 Å². The lowest BCUT2D eigenvalue weighted by atomic mass is 9.98. The number of amides is 1. The molecule has 3 heterocycles. The number of rotatable bonds is 6. The van der Waals surface area contributed by atoms with Gasteiger partial charge in [0.15, 0.2) is 5.78 Å². The Kier molecular flexibility index (Phi) is 5.75. The third-order valence-corrected chi connectivity index (χ3v) is 6.17. The SMILES string of the molecule is COc1ccc(C(=O)c2cn(CC(=O)Nc3nnc(C(C)(C)C)s3)c3cnccc23)cc1. The lowest BCUT2D eigenvalue weighted by molar-refractivity contribution is -0.116. The molecule has 0 saturated carbocycles. The van der Waals surface area contributed by atoms with Crippen LogP contribution in [0.15, 0.2) is 48.9 Å². The maximum absolute atomic E-state index is 13.2. The van der Waals surface area contributed by atoms with E-state index in [0.717, 1.165) is 10.4 Å². The summed E-state index contributed by atoms with van der Waals surface area (Å²) in [5.41, 5.74) is 1.60. The standard InChI is InChI=1S/C23H23N5O3S/c1-23(2,3)21-26-27-22(32-21)25-19(29)13-28-12-17(16-9-10-24-11-18(16)28)20(30)14-5-7-15(31-4)8-6-14/h5-12H,13H2,1-4H3,(H,25,27,29). The molecular formula is C23H23N5O3S. The summed E-state index contributed by atoms with van der Waals surface area (Å²) in [5.74, 6) is 0.281. The Labute approximate surface area is 189 Å². The van der Waals surface area contributed by atoms with Gasteiger partial charge in [-0.05, 0) is 30.3 Å². The second-order valence-corrected chi connectivity index (χ2v) is 9.31. The van der Waals surface area contributed by atoms with E-state index in [1.165, 1.54) is 11.3 Å². The smallest absolute Gasteiger partial charge is 0.246 e. The number of ketones is 1. The summed E-state index contributed by atoms with van der Waals surface area (Å²) < 4.78 is 6.89. The summed E-state index contributed by atoms with van der Waals surface area (Å²) in [6.07, 6.45) is 4.97. The van der Waals surface area contributed by atoms with Crippen molar-refractivity contribution in [1.82, 2.24) is 19.7 Å². The lowest BCUT2D eigenvalue weighted by Crippen LogP contribution is -2.18. The maximum Gasteiger partial charge on any atom is 0.246 e. The number of nitrogens with one attached hydrogen (secondary N) is 1. The lowest BCUT2D eigenvalue weighted by Gasteiger charge is -2.12. The van der Waals surface area contributed by atoms with E-state index in [4.69, 9.17) is 4.74 Å². The zero-order valence-electron chi connectivity index (χ0n) is 18.2. The van der Waals surface area contributed by atoms with Gasteiger partial charge in [0.05, 0.1) is 18.8 Å². The predicted octanol–water partition coefficient (Wildman–Crippen LogP) is 4.06. The number of benzene rings is 1. The number of pyridine rings is 1. The summed E-state index contributed by atoms with van der Waals surface area (Å²) in [6.45, 7) is 6.14. The number of nitrogens with zero attached hydrogens (tertiary/aromatic N) is 4. The average molecular weight is 450 g/mol. The van der Waals surface area contributed by atoms with Crippen LogP contribution in [0.2, 0.25) is 0 Å². The number of carbonyl (C=O) groups is 2. The van der Waals surface area contributed by atoms with Crippen LogP contribution in [-0.2, 0) is 16.8 Å². The highest BCUT2D eigenvalue weighted by molar-refractivity contribution is 7.15. The summed E-state index contributed by atoms with van der Waals surface area (Å²) in [6, 6.07) is 8.71. The minimum Gasteiger partial charge on any atom is -0.497 e. The Morgan fingerprint density at radius 3 is 2.53 bits per heavy atom. The molecule has 0 atom stereocenters. The molecule has 164 valence electrons. The molecule has 0 aliphatic rings. The van der Waals surface area contributed by atoms with Crippen LogP contribution in [-0.4, -0.2) is 38.5 Å². The molecule has 0 radical (unpaired) electrons. The first-order valence-corrected chi connectivity index (χ1v) is 10.8. The van der Waals surface area contributed by atoms with Crippen LogP contribution in [0.5, 0.6) is 5.75 Å². The molecule has 4 aromatic rings. The highest BCUT2D eigenvalue weighted by Crippen LogP contribution is 2.28. The Bertz CT molecular complexity index is 1290. The van der Waals surface area contributed by atoms with Crippen molar-refractivity contribution >= 4 is 39.1 Å². The molecule has 0 bridgehead atoms. The zero-order valence-corrected chi connectivity index (χ0v) is 19.1. The highest BCUT2D eigenvalue weighted by atomic mass is 32.1. The molecule has 0 unspecified atom stereocenters. The van der Waals surface area contributed by atoms with Crippen LogP contribution in [0, 0.1) is 0 Å². The van der Waals surface area contributed by atoms with Gasteiger partial charge in [-0.15, -0.1) is 10.2 Å². The molecule has 4 rings (SSSR count). The monoisotopic (exact) mass is 449 g/mol. The van der Waals surface area contributed by atoms with Crippen molar-refractivity contribution < 1.29 is 14.3 Å². The molecule has 1 N–H and O–H groups in total. The molecular weight excluding hydrogens is 426 g/mol. The topological polar surface area (TPSA) is 99.0 Å². The van der Waals surface area contributed by atoms with Crippen molar-refractivity contribution in [1.29, 1.82) is 0 Å². The summed E-state index contributed by atoms with van der Waals surface area (Å²) in [5, 5.41) is 13.0. The first-order chi connectivity index (χ1) is 15.3. The quantitative estimate of drug-likeness (QED) is 0.446. The fourth-order valence-corrected chi connectivity index (χ4v) is 4.06. The van der Waals surface area contributed by atoms with Crippen molar-refractivity contribution in [2.75, 3.05) is 12.4 Å². The first kappa shape index (κ1) is 21.6. The molecule has 0 spiro atoms. The van der Waals surface area contributed by atoms with Crippen LogP contribution in [0.25, 0.3) is 10.9 Å². The minimum absolute atomic E-state index is 0.0164. The van der Waals surface area contributed by atoms with Gasteiger partial charge in [-0.2, -0.15) is 0 Å². The second kappa shape index (κ2) is 8.51. The van der Waals surface area contributed by atoms with Gasteiger partial charge in [0.1, 0.15) is 17.3 Å². The minimum atomic E-state index is -0.259. The van der Waals surface area contributed by atoms with Crippen LogP contribution in [0.1, 0.15) is 41.7 Å². The molecule has 8 nitrogen and oxygen atoms in total. The Morgan fingerprint density at radius 1 is 1.12 bits per heavy atom. The predicted molar refractivity (Wildman–Crippen MR) is 123 cm³/mol. The molecule has 9 heteroatoms. The van der Waals surface area contributed by atoms with E-state index in [2.05, 4.69) is 20.5 Å². The molecule has 0 fully saturated rings. The molecule has 0 aliphatic heterocycles. The van der Waals surface area contributed by atoms with E-state index in [9.17, 15) is 9.59 Å². The van der Waals surface area contributed by atoms with Gasteiger partial charge in [0.25, 0.3) is 0 Å². The van der Waals surface area contributed by atoms with Crippen LogP contribution >= 0.6 is 11.3 Å². The van der Waals surface area contributed by atoms with Crippen LogP contribution < -0.4 is 10.1 Å².